The van der Waals surface area contributed by atoms with Crippen molar-refractivity contribution in [1.82, 2.24) is 29.5 Å². The number of hydrogen-bond donors (Lipinski definition) is 0. The Balaban J connectivity index is 1.50. The van der Waals surface area contributed by atoms with Gasteiger partial charge in [-0.15, -0.1) is 21.5 Å². The highest BCUT2D eigenvalue weighted by atomic mass is 32.1. The average molecular weight is 444 g/mol. The molecule has 6 rings (SSSR count). The number of rotatable bonds is 4. The lowest BCUT2D eigenvalue weighted by molar-refractivity contribution is 0.118. The number of benzene rings is 1. The van der Waals surface area contributed by atoms with Crippen LogP contribution in [0.4, 0.5) is 5.82 Å². The van der Waals surface area contributed by atoms with Gasteiger partial charge in [0.25, 0.3) is 0 Å². The molecule has 4 aromatic heterocycles. The van der Waals surface area contributed by atoms with Crippen molar-refractivity contribution in [2.45, 2.75) is 25.5 Å². The van der Waals surface area contributed by atoms with Gasteiger partial charge in [0.1, 0.15) is 16.5 Å². The monoisotopic (exact) mass is 443 g/mol. The van der Waals surface area contributed by atoms with Gasteiger partial charge < -0.3 is 9.64 Å². The van der Waals surface area contributed by atoms with E-state index in [2.05, 4.69) is 50.4 Å². The van der Waals surface area contributed by atoms with Gasteiger partial charge in [0.15, 0.2) is 11.5 Å². The van der Waals surface area contributed by atoms with Crippen molar-refractivity contribution in [2.75, 3.05) is 18.6 Å². The Morgan fingerprint density at radius 3 is 2.84 bits per heavy atom. The lowest BCUT2D eigenvalue weighted by Crippen LogP contribution is -2.27. The van der Waals surface area contributed by atoms with Crippen LogP contribution in [-0.2, 0) is 4.74 Å². The SMILES string of the molecule is CO[C@@H]1C[C@@H](c2nnc3cnccn23)N(c2nc(C)nc3sc(-c4ccccc4)cc23)C1. The number of hydrogen-bond acceptors (Lipinski definition) is 8. The second kappa shape index (κ2) is 7.61. The van der Waals surface area contributed by atoms with E-state index in [4.69, 9.17) is 14.7 Å². The molecule has 0 aliphatic carbocycles. The molecule has 2 atom stereocenters. The van der Waals surface area contributed by atoms with Gasteiger partial charge in [-0.2, -0.15) is 0 Å². The molecule has 0 bridgehead atoms. The Labute approximate surface area is 188 Å². The molecule has 8 nitrogen and oxygen atoms in total. The highest BCUT2D eigenvalue weighted by molar-refractivity contribution is 7.21. The minimum atomic E-state index is -0.0186. The molecule has 1 aromatic carbocycles. The molecule has 0 unspecified atom stereocenters. The Kier molecular flexibility index (Phi) is 4.58. The molecule has 32 heavy (non-hydrogen) atoms. The summed E-state index contributed by atoms with van der Waals surface area (Å²) in [7, 11) is 1.76. The van der Waals surface area contributed by atoms with Crippen molar-refractivity contribution in [2.24, 2.45) is 0 Å². The van der Waals surface area contributed by atoms with E-state index in [-0.39, 0.29) is 12.1 Å². The van der Waals surface area contributed by atoms with E-state index in [1.54, 1.807) is 30.8 Å². The van der Waals surface area contributed by atoms with Crippen molar-refractivity contribution >= 4 is 33.0 Å². The molecular weight excluding hydrogens is 422 g/mol. The van der Waals surface area contributed by atoms with Crippen molar-refractivity contribution in [1.29, 1.82) is 0 Å². The Morgan fingerprint density at radius 1 is 1.12 bits per heavy atom. The third-order valence-electron chi connectivity index (χ3n) is 5.95. The maximum Gasteiger partial charge on any atom is 0.179 e. The van der Waals surface area contributed by atoms with Crippen LogP contribution in [0.3, 0.4) is 0 Å². The van der Waals surface area contributed by atoms with Crippen LogP contribution in [0.5, 0.6) is 0 Å². The first-order valence-corrected chi connectivity index (χ1v) is 11.3. The molecule has 9 heteroatoms. The van der Waals surface area contributed by atoms with Gasteiger partial charge >= 0.3 is 0 Å². The summed E-state index contributed by atoms with van der Waals surface area (Å²) in [5.74, 6) is 2.54. The fraction of sp³-hybridized carbons (Fsp3) is 0.261. The first kappa shape index (κ1) is 19.3. The molecule has 0 amide bonds. The van der Waals surface area contributed by atoms with Gasteiger partial charge in [-0.1, -0.05) is 30.3 Å². The zero-order valence-corrected chi connectivity index (χ0v) is 18.5. The number of methoxy groups -OCH3 is 1. The Bertz CT molecular complexity index is 1410. The number of thiophene rings is 1. The van der Waals surface area contributed by atoms with Crippen LogP contribution in [0, 0.1) is 6.92 Å². The number of anilines is 1. The van der Waals surface area contributed by atoms with Crippen LogP contribution in [0.25, 0.3) is 26.3 Å². The standard InChI is InChI=1S/C23H21N7OS/c1-14-25-21(17-11-19(32-23(17)26-14)15-6-4-3-5-7-15)30-13-16(31-2)10-18(30)22-28-27-20-12-24-8-9-29(20)22/h3-9,11-12,16,18H,10,13H2,1-2H3/t16-,18+/m1/s1. The summed E-state index contributed by atoms with van der Waals surface area (Å²) < 4.78 is 7.76. The van der Waals surface area contributed by atoms with Gasteiger partial charge in [-0.05, 0) is 18.6 Å². The second-order valence-corrected chi connectivity index (χ2v) is 8.94. The average Bonchev–Trinajstić information content (AvgIpc) is 3.55. The zero-order valence-electron chi connectivity index (χ0n) is 17.7. The molecule has 0 spiro atoms. The molecule has 5 heterocycles. The molecule has 1 aliphatic heterocycles. The van der Waals surface area contributed by atoms with Gasteiger partial charge in [0.05, 0.1) is 23.7 Å². The van der Waals surface area contributed by atoms with Gasteiger partial charge in [0.2, 0.25) is 0 Å². The topological polar surface area (TPSA) is 81.3 Å². The summed E-state index contributed by atoms with van der Waals surface area (Å²) in [4.78, 5) is 18.3. The predicted molar refractivity (Wildman–Crippen MR) is 124 cm³/mol. The summed E-state index contributed by atoms with van der Waals surface area (Å²) in [6.45, 7) is 2.67. The van der Waals surface area contributed by atoms with Crippen LogP contribution >= 0.6 is 11.3 Å². The number of aryl methyl sites for hydroxylation is 1. The summed E-state index contributed by atoms with van der Waals surface area (Å²) in [5.41, 5.74) is 1.91. The van der Waals surface area contributed by atoms with Crippen molar-refractivity contribution in [3.63, 3.8) is 0 Å². The Morgan fingerprint density at radius 2 is 2.00 bits per heavy atom. The minimum absolute atomic E-state index is 0.0186. The summed E-state index contributed by atoms with van der Waals surface area (Å²) in [5, 5.41) is 9.88. The van der Waals surface area contributed by atoms with E-state index in [9.17, 15) is 0 Å². The first-order valence-electron chi connectivity index (χ1n) is 10.5. The third kappa shape index (κ3) is 3.12. The van der Waals surface area contributed by atoms with Crippen LogP contribution < -0.4 is 4.90 Å². The molecule has 1 fully saturated rings. The molecule has 5 aromatic rings. The second-order valence-electron chi connectivity index (χ2n) is 7.91. The normalized spacial score (nSPS) is 18.8. The number of fused-ring (bicyclic) bond motifs is 2. The van der Waals surface area contributed by atoms with Gasteiger partial charge in [-0.3, -0.25) is 9.38 Å². The molecule has 0 N–H and O–H groups in total. The highest BCUT2D eigenvalue weighted by Crippen LogP contribution is 2.42. The van der Waals surface area contributed by atoms with Crippen LogP contribution in [0.1, 0.15) is 24.1 Å². The molecule has 0 radical (unpaired) electrons. The molecule has 1 saturated heterocycles. The minimum Gasteiger partial charge on any atom is -0.380 e. The first-order chi connectivity index (χ1) is 15.7. The van der Waals surface area contributed by atoms with E-state index in [0.29, 0.717) is 0 Å². The summed E-state index contributed by atoms with van der Waals surface area (Å²) in [6.07, 6.45) is 6.26. The maximum absolute atomic E-state index is 5.77. The van der Waals surface area contributed by atoms with E-state index in [1.165, 1.54) is 10.4 Å². The maximum atomic E-state index is 5.77. The summed E-state index contributed by atoms with van der Waals surface area (Å²) >= 11 is 1.69. The molecular formula is C23H21N7OS. The summed E-state index contributed by atoms with van der Waals surface area (Å²) in [6, 6.07) is 12.6. The lowest BCUT2D eigenvalue weighted by Gasteiger charge is -2.25. The zero-order chi connectivity index (χ0) is 21.7. The fourth-order valence-electron chi connectivity index (χ4n) is 4.42. The van der Waals surface area contributed by atoms with E-state index in [1.807, 2.05) is 23.6 Å². The molecule has 1 aliphatic rings. The van der Waals surface area contributed by atoms with Crippen LogP contribution in [0.15, 0.2) is 55.0 Å². The number of ether oxygens (including phenoxy) is 1. The van der Waals surface area contributed by atoms with E-state index < -0.39 is 0 Å². The van der Waals surface area contributed by atoms with Gasteiger partial charge in [0, 0.05) is 37.3 Å². The highest BCUT2D eigenvalue weighted by Gasteiger charge is 2.38. The van der Waals surface area contributed by atoms with Crippen molar-refractivity contribution in [3.8, 4) is 10.4 Å². The predicted octanol–water partition coefficient (Wildman–Crippen LogP) is 4.07. The largest absolute Gasteiger partial charge is 0.380 e. The van der Waals surface area contributed by atoms with Crippen LogP contribution in [0.2, 0.25) is 0 Å². The van der Waals surface area contributed by atoms with Crippen molar-refractivity contribution in [3.05, 3.63) is 66.6 Å². The Hall–Kier alpha value is -3.43. The van der Waals surface area contributed by atoms with Crippen LogP contribution in [-0.4, -0.2) is 49.3 Å². The number of nitrogens with zero attached hydrogens (tertiary/aromatic N) is 7. The third-order valence-corrected chi connectivity index (χ3v) is 7.03. The lowest BCUT2D eigenvalue weighted by atomic mass is 10.1. The van der Waals surface area contributed by atoms with Gasteiger partial charge in [-0.25, -0.2) is 9.97 Å². The van der Waals surface area contributed by atoms with Crippen molar-refractivity contribution < 1.29 is 4.74 Å². The molecule has 160 valence electrons. The quantitative estimate of drug-likeness (QED) is 0.414. The smallest absolute Gasteiger partial charge is 0.179 e. The molecule has 0 saturated carbocycles. The van der Waals surface area contributed by atoms with E-state index in [0.717, 1.165) is 46.3 Å². The van der Waals surface area contributed by atoms with E-state index >= 15 is 0 Å². The fourth-order valence-corrected chi connectivity index (χ4v) is 5.50. The number of aromatic nitrogens is 6.